The molecule has 1 fully saturated rings. The van der Waals surface area contributed by atoms with Gasteiger partial charge in [-0.05, 0) is 19.8 Å². The zero-order chi connectivity index (χ0) is 12.6. The lowest BCUT2D eigenvalue weighted by molar-refractivity contribution is -0.122. The summed E-state index contributed by atoms with van der Waals surface area (Å²) in [7, 11) is 0. The highest BCUT2D eigenvalue weighted by atomic mass is 32.1. The zero-order valence-electron chi connectivity index (χ0n) is 10.4. The van der Waals surface area contributed by atoms with Gasteiger partial charge in [0.1, 0.15) is 10.0 Å². The Hall–Kier alpha value is -1.01. The number of nitrogens with two attached hydrogens (primary N) is 1. The molecule has 1 saturated heterocycles. The second kappa shape index (κ2) is 4.70. The van der Waals surface area contributed by atoms with Crippen molar-refractivity contribution in [3.05, 3.63) is 10.0 Å². The Bertz CT molecular complexity index is 419. The van der Waals surface area contributed by atoms with Gasteiger partial charge in [0, 0.05) is 13.1 Å². The van der Waals surface area contributed by atoms with Crippen LogP contribution < -0.4 is 5.73 Å². The number of aromatic nitrogens is 2. The Morgan fingerprint density at radius 1 is 1.53 bits per heavy atom. The van der Waals surface area contributed by atoms with Gasteiger partial charge in [-0.1, -0.05) is 6.92 Å². The molecule has 1 aliphatic heterocycles. The maximum Gasteiger partial charge on any atom is 0.222 e. The van der Waals surface area contributed by atoms with Gasteiger partial charge in [0.25, 0.3) is 0 Å². The van der Waals surface area contributed by atoms with Crippen molar-refractivity contribution in [1.29, 1.82) is 0 Å². The average molecular weight is 254 g/mol. The molecule has 0 spiro atoms. The molecule has 5 nitrogen and oxygen atoms in total. The van der Waals surface area contributed by atoms with Crippen molar-refractivity contribution < 1.29 is 4.79 Å². The molecule has 0 radical (unpaired) electrons. The molecular formula is C11H18N4OS. The highest BCUT2D eigenvalue weighted by molar-refractivity contribution is 7.11. The van der Waals surface area contributed by atoms with Crippen molar-refractivity contribution in [2.75, 3.05) is 13.1 Å². The molecule has 1 aromatic rings. The van der Waals surface area contributed by atoms with E-state index < -0.39 is 0 Å². The van der Waals surface area contributed by atoms with Gasteiger partial charge < -0.3 is 5.73 Å². The molecule has 0 bridgehead atoms. The van der Waals surface area contributed by atoms with Crippen molar-refractivity contribution >= 4 is 17.2 Å². The second-order valence-electron chi connectivity index (χ2n) is 4.78. The van der Waals surface area contributed by atoms with Gasteiger partial charge in [0.2, 0.25) is 5.91 Å². The van der Waals surface area contributed by atoms with Crippen molar-refractivity contribution in [2.24, 2.45) is 17.6 Å². The molecule has 0 saturated carbocycles. The maximum atomic E-state index is 11.3. The minimum absolute atomic E-state index is 0.0357. The lowest BCUT2D eigenvalue weighted by Crippen LogP contribution is -2.30. The van der Waals surface area contributed by atoms with Crippen LogP contribution >= 0.6 is 11.3 Å². The third-order valence-corrected chi connectivity index (χ3v) is 4.46. The van der Waals surface area contributed by atoms with Crippen LogP contribution in [0.3, 0.4) is 0 Å². The Labute approximate surface area is 105 Å². The molecule has 0 aromatic carbocycles. The van der Waals surface area contributed by atoms with Gasteiger partial charge in [0.05, 0.1) is 12.0 Å². The van der Waals surface area contributed by atoms with Crippen molar-refractivity contribution in [3.63, 3.8) is 0 Å². The molecule has 6 heteroatoms. The summed E-state index contributed by atoms with van der Waals surface area (Å²) in [5.74, 6) is 0.0936. The van der Waals surface area contributed by atoms with Gasteiger partial charge >= 0.3 is 0 Å². The standard InChI is InChI=1S/C11H18N4OS/c1-6-4-15(5-9(6)10(12)16)7(2)11-14-13-8(3)17-11/h6-7,9H,4-5H2,1-3H3,(H2,12,16)/t6-,7?,9-/m1/s1. The van der Waals surface area contributed by atoms with Crippen LogP contribution in [0.5, 0.6) is 0 Å². The molecule has 17 heavy (non-hydrogen) atoms. The summed E-state index contributed by atoms with van der Waals surface area (Å²) in [6, 6.07) is 0.216. The fourth-order valence-corrected chi connectivity index (χ4v) is 3.11. The molecule has 1 amide bonds. The summed E-state index contributed by atoms with van der Waals surface area (Å²) in [6.07, 6.45) is 0. The van der Waals surface area contributed by atoms with E-state index in [1.54, 1.807) is 11.3 Å². The number of carbonyl (C=O) groups excluding carboxylic acids is 1. The van der Waals surface area contributed by atoms with E-state index >= 15 is 0 Å². The van der Waals surface area contributed by atoms with Crippen molar-refractivity contribution in [3.8, 4) is 0 Å². The monoisotopic (exact) mass is 254 g/mol. The minimum atomic E-state index is -0.194. The lowest BCUT2D eigenvalue weighted by atomic mass is 9.98. The number of aryl methyl sites for hydroxylation is 1. The van der Waals surface area contributed by atoms with Crippen LogP contribution in [0.1, 0.15) is 29.9 Å². The van der Waals surface area contributed by atoms with Crippen LogP contribution in [-0.4, -0.2) is 34.1 Å². The first kappa shape index (κ1) is 12.4. The summed E-state index contributed by atoms with van der Waals surface area (Å²) in [4.78, 5) is 13.6. The number of primary amides is 1. The number of likely N-dealkylation sites (tertiary alicyclic amines) is 1. The van der Waals surface area contributed by atoms with Crippen LogP contribution in [0.2, 0.25) is 0 Å². The molecule has 3 atom stereocenters. The van der Waals surface area contributed by atoms with Gasteiger partial charge in [-0.25, -0.2) is 0 Å². The smallest absolute Gasteiger partial charge is 0.222 e. The third kappa shape index (κ3) is 2.47. The first-order valence-electron chi connectivity index (χ1n) is 5.82. The van der Waals surface area contributed by atoms with E-state index in [2.05, 4.69) is 28.9 Å². The molecular weight excluding hydrogens is 236 g/mol. The zero-order valence-corrected chi connectivity index (χ0v) is 11.2. The van der Waals surface area contributed by atoms with Crippen molar-refractivity contribution in [1.82, 2.24) is 15.1 Å². The minimum Gasteiger partial charge on any atom is -0.369 e. The van der Waals surface area contributed by atoms with E-state index in [4.69, 9.17) is 5.73 Å². The molecule has 1 aliphatic rings. The van der Waals surface area contributed by atoms with Crippen molar-refractivity contribution in [2.45, 2.75) is 26.8 Å². The quantitative estimate of drug-likeness (QED) is 0.872. The fraction of sp³-hybridized carbons (Fsp3) is 0.727. The molecule has 2 rings (SSSR count). The lowest BCUT2D eigenvalue weighted by Gasteiger charge is -2.21. The first-order valence-corrected chi connectivity index (χ1v) is 6.64. The Balaban J connectivity index is 2.07. The Kier molecular flexibility index (Phi) is 3.44. The number of carbonyl (C=O) groups is 1. The molecule has 2 heterocycles. The van der Waals surface area contributed by atoms with Crippen LogP contribution in [-0.2, 0) is 4.79 Å². The van der Waals surface area contributed by atoms with E-state index in [1.165, 1.54) is 0 Å². The summed E-state index contributed by atoms with van der Waals surface area (Å²) in [5, 5.41) is 10.2. The number of hydrogen-bond donors (Lipinski definition) is 1. The summed E-state index contributed by atoms with van der Waals surface area (Å²) in [6.45, 7) is 7.76. The predicted molar refractivity (Wildman–Crippen MR) is 66.5 cm³/mol. The number of rotatable bonds is 3. The van der Waals surface area contributed by atoms with E-state index in [0.717, 1.165) is 23.1 Å². The first-order chi connectivity index (χ1) is 7.99. The van der Waals surface area contributed by atoms with E-state index in [1.807, 2.05) is 6.92 Å². The van der Waals surface area contributed by atoms with Gasteiger partial charge in [-0.2, -0.15) is 0 Å². The number of hydrogen-bond acceptors (Lipinski definition) is 5. The highest BCUT2D eigenvalue weighted by Crippen LogP contribution is 2.31. The summed E-state index contributed by atoms with van der Waals surface area (Å²) in [5.41, 5.74) is 5.40. The third-order valence-electron chi connectivity index (χ3n) is 3.45. The van der Waals surface area contributed by atoms with E-state index in [-0.39, 0.29) is 17.9 Å². The SMILES string of the molecule is Cc1nnc(C(C)N2C[C@@H](C)[C@H](C(N)=O)C2)s1. The van der Waals surface area contributed by atoms with Crippen LogP contribution in [0.15, 0.2) is 0 Å². The normalized spacial score (nSPS) is 27.2. The number of nitrogens with zero attached hydrogens (tertiary/aromatic N) is 3. The predicted octanol–water partition coefficient (Wildman–Crippen LogP) is 0.961. The average Bonchev–Trinajstić information content (AvgIpc) is 2.83. The van der Waals surface area contributed by atoms with Gasteiger partial charge in [0.15, 0.2) is 0 Å². The second-order valence-corrected chi connectivity index (χ2v) is 5.99. The Morgan fingerprint density at radius 3 is 2.71 bits per heavy atom. The Morgan fingerprint density at radius 2 is 2.24 bits per heavy atom. The summed E-state index contributed by atoms with van der Waals surface area (Å²) < 4.78 is 0. The topological polar surface area (TPSA) is 72.1 Å². The van der Waals surface area contributed by atoms with Gasteiger partial charge in [-0.15, -0.1) is 21.5 Å². The fourth-order valence-electron chi connectivity index (χ4n) is 2.33. The van der Waals surface area contributed by atoms with Crippen LogP contribution in [0.25, 0.3) is 0 Å². The van der Waals surface area contributed by atoms with Crippen LogP contribution in [0, 0.1) is 18.8 Å². The molecule has 0 aliphatic carbocycles. The van der Waals surface area contributed by atoms with E-state index in [9.17, 15) is 4.79 Å². The molecule has 94 valence electrons. The van der Waals surface area contributed by atoms with Gasteiger partial charge in [-0.3, -0.25) is 9.69 Å². The molecule has 1 aromatic heterocycles. The largest absolute Gasteiger partial charge is 0.369 e. The summed E-state index contributed by atoms with van der Waals surface area (Å²) >= 11 is 1.61. The van der Waals surface area contributed by atoms with E-state index in [0.29, 0.717) is 5.92 Å². The number of amides is 1. The molecule has 1 unspecified atom stereocenters. The molecule has 2 N–H and O–H groups in total. The maximum absolute atomic E-state index is 11.3. The highest BCUT2D eigenvalue weighted by Gasteiger charge is 2.36. The van der Waals surface area contributed by atoms with Crippen LogP contribution in [0.4, 0.5) is 0 Å².